The van der Waals surface area contributed by atoms with E-state index in [-0.39, 0.29) is 28.2 Å². The second kappa shape index (κ2) is 8.46. The highest BCUT2D eigenvalue weighted by atomic mass is 32.1. The summed E-state index contributed by atoms with van der Waals surface area (Å²) in [6, 6.07) is 10.3. The zero-order chi connectivity index (χ0) is 23.0. The molecule has 1 N–H and O–H groups in total. The highest BCUT2D eigenvalue weighted by Crippen LogP contribution is 2.35. The van der Waals surface area contributed by atoms with Crippen molar-refractivity contribution in [3.05, 3.63) is 73.8 Å². The molecule has 2 heterocycles. The van der Waals surface area contributed by atoms with Crippen molar-refractivity contribution in [2.45, 2.75) is 33.1 Å². The summed E-state index contributed by atoms with van der Waals surface area (Å²) in [5.41, 5.74) is 3.57. The van der Waals surface area contributed by atoms with Crippen LogP contribution in [0.4, 0.5) is 16.5 Å². The van der Waals surface area contributed by atoms with E-state index < -0.39 is 10.8 Å². The molecule has 0 bridgehead atoms. The minimum absolute atomic E-state index is 0.0211. The van der Waals surface area contributed by atoms with Crippen molar-refractivity contribution in [2.24, 2.45) is 0 Å². The van der Waals surface area contributed by atoms with Crippen molar-refractivity contribution < 1.29 is 14.5 Å². The van der Waals surface area contributed by atoms with Crippen molar-refractivity contribution in [3.63, 3.8) is 0 Å². The third-order valence-corrected chi connectivity index (χ3v) is 6.32. The van der Waals surface area contributed by atoms with Crippen LogP contribution in [-0.4, -0.2) is 33.5 Å². The number of nitro groups is 1. The summed E-state index contributed by atoms with van der Waals surface area (Å²) in [4.78, 5) is 37.5. The van der Waals surface area contributed by atoms with Crippen molar-refractivity contribution in [3.8, 4) is 0 Å². The van der Waals surface area contributed by atoms with E-state index in [1.807, 2.05) is 26.0 Å². The molecular weight excluding hydrogens is 430 g/mol. The lowest BCUT2D eigenvalue weighted by Gasteiger charge is -2.17. The summed E-state index contributed by atoms with van der Waals surface area (Å²) in [6.07, 6.45) is 0.319. The van der Waals surface area contributed by atoms with Gasteiger partial charge in [0.15, 0.2) is 0 Å². The number of hydrogen-bond donors (Lipinski definition) is 1. The number of nitrogens with one attached hydrogen (secondary N) is 1. The Morgan fingerprint density at radius 2 is 1.88 bits per heavy atom. The topological polar surface area (TPSA) is 118 Å². The molecule has 1 unspecified atom stereocenters. The number of hydrogen-bond acceptors (Lipinski definition) is 7. The maximum absolute atomic E-state index is 12.6. The van der Waals surface area contributed by atoms with Crippen LogP contribution in [0.25, 0.3) is 0 Å². The number of benzene rings is 2. The fourth-order valence-electron chi connectivity index (χ4n) is 3.80. The molecule has 0 spiro atoms. The van der Waals surface area contributed by atoms with Gasteiger partial charge in [-0.05, 0) is 50.1 Å². The number of nitro benzene ring substituents is 1. The molecule has 1 saturated heterocycles. The van der Waals surface area contributed by atoms with Crippen LogP contribution in [0.15, 0.2) is 36.4 Å². The van der Waals surface area contributed by atoms with Crippen LogP contribution in [0.2, 0.25) is 0 Å². The van der Waals surface area contributed by atoms with Crippen LogP contribution in [0.1, 0.15) is 44.4 Å². The lowest BCUT2D eigenvalue weighted by atomic mass is 10.1. The number of rotatable bonds is 5. The Labute approximate surface area is 188 Å². The van der Waals surface area contributed by atoms with E-state index in [0.29, 0.717) is 23.5 Å². The standard InChI is InChI=1S/C22H21N5O4S/c1-12-6-13(2)8-17(7-12)26-11-16(10-19(26)28)21-24-25-22(32-21)23-20(29)15-5-4-14(3)18(9-15)27(30)31/h4-9,16H,10-11H2,1-3H3,(H,23,25,29). The minimum atomic E-state index is -0.520. The molecule has 2 amide bonds. The molecule has 164 valence electrons. The van der Waals surface area contributed by atoms with Crippen LogP contribution in [-0.2, 0) is 4.79 Å². The Balaban J connectivity index is 1.47. The van der Waals surface area contributed by atoms with Gasteiger partial charge in [-0.15, -0.1) is 10.2 Å². The molecular formula is C22H21N5O4S. The Morgan fingerprint density at radius 3 is 2.56 bits per heavy atom. The predicted octanol–water partition coefficient (Wildman–Crippen LogP) is 4.14. The molecule has 3 aromatic rings. The largest absolute Gasteiger partial charge is 0.312 e. The third-order valence-electron chi connectivity index (χ3n) is 5.32. The molecule has 0 saturated carbocycles. The smallest absolute Gasteiger partial charge is 0.273 e. The van der Waals surface area contributed by atoms with Gasteiger partial charge in [0.05, 0.1) is 4.92 Å². The Hall–Kier alpha value is -3.66. The maximum Gasteiger partial charge on any atom is 0.273 e. The average molecular weight is 452 g/mol. The molecule has 1 aromatic heterocycles. The SMILES string of the molecule is Cc1cc(C)cc(N2CC(c3nnc(NC(=O)c4ccc(C)c([N+](=O)[O-])c4)s3)CC2=O)c1. The molecule has 32 heavy (non-hydrogen) atoms. The summed E-state index contributed by atoms with van der Waals surface area (Å²) in [5.74, 6) is -0.602. The highest BCUT2D eigenvalue weighted by molar-refractivity contribution is 7.15. The Kier molecular flexibility index (Phi) is 5.70. The normalized spacial score (nSPS) is 15.8. The molecule has 9 nitrogen and oxygen atoms in total. The van der Waals surface area contributed by atoms with Gasteiger partial charge in [0.2, 0.25) is 11.0 Å². The van der Waals surface area contributed by atoms with Gasteiger partial charge in [-0.25, -0.2) is 0 Å². The van der Waals surface area contributed by atoms with Gasteiger partial charge in [-0.3, -0.25) is 25.0 Å². The van der Waals surface area contributed by atoms with Gasteiger partial charge in [0, 0.05) is 41.8 Å². The van der Waals surface area contributed by atoms with Gasteiger partial charge in [0.1, 0.15) is 5.01 Å². The first-order valence-electron chi connectivity index (χ1n) is 9.99. The zero-order valence-corrected chi connectivity index (χ0v) is 18.6. The van der Waals surface area contributed by atoms with Gasteiger partial charge in [0.25, 0.3) is 11.6 Å². The zero-order valence-electron chi connectivity index (χ0n) is 17.8. The minimum Gasteiger partial charge on any atom is -0.312 e. The first-order valence-corrected chi connectivity index (χ1v) is 10.8. The molecule has 0 aliphatic carbocycles. The second-order valence-electron chi connectivity index (χ2n) is 7.91. The summed E-state index contributed by atoms with van der Waals surface area (Å²) in [7, 11) is 0. The molecule has 1 fully saturated rings. The molecule has 1 aliphatic heterocycles. The first-order chi connectivity index (χ1) is 15.2. The van der Waals surface area contributed by atoms with Crippen molar-refractivity contribution in [1.29, 1.82) is 0 Å². The summed E-state index contributed by atoms with van der Waals surface area (Å²) in [6.45, 7) is 6.10. The Morgan fingerprint density at radius 1 is 1.16 bits per heavy atom. The number of carbonyl (C=O) groups excluding carboxylic acids is 2. The third kappa shape index (κ3) is 4.35. The lowest BCUT2D eigenvalue weighted by Crippen LogP contribution is -2.24. The van der Waals surface area contributed by atoms with Crippen LogP contribution in [0.5, 0.6) is 0 Å². The van der Waals surface area contributed by atoms with E-state index in [0.717, 1.165) is 16.8 Å². The first kappa shape index (κ1) is 21.6. The number of carbonyl (C=O) groups is 2. The van der Waals surface area contributed by atoms with Gasteiger partial charge < -0.3 is 4.90 Å². The fourth-order valence-corrected chi connectivity index (χ4v) is 4.63. The van der Waals surface area contributed by atoms with Crippen LogP contribution in [0.3, 0.4) is 0 Å². The van der Waals surface area contributed by atoms with Gasteiger partial charge >= 0.3 is 0 Å². The monoisotopic (exact) mass is 451 g/mol. The maximum atomic E-state index is 12.6. The quantitative estimate of drug-likeness (QED) is 0.460. The van der Waals surface area contributed by atoms with Crippen LogP contribution >= 0.6 is 11.3 Å². The number of aromatic nitrogens is 2. The Bertz CT molecular complexity index is 1220. The predicted molar refractivity (Wildman–Crippen MR) is 121 cm³/mol. The molecule has 4 rings (SSSR count). The fraction of sp³-hybridized carbons (Fsp3) is 0.273. The molecule has 1 aliphatic rings. The summed E-state index contributed by atoms with van der Waals surface area (Å²) >= 11 is 1.21. The second-order valence-corrected chi connectivity index (χ2v) is 8.92. The van der Waals surface area contributed by atoms with E-state index >= 15 is 0 Å². The van der Waals surface area contributed by atoms with Crippen LogP contribution in [0, 0.1) is 30.9 Å². The van der Waals surface area contributed by atoms with E-state index in [9.17, 15) is 19.7 Å². The van der Waals surface area contributed by atoms with E-state index in [1.165, 1.54) is 29.5 Å². The van der Waals surface area contributed by atoms with E-state index in [4.69, 9.17) is 0 Å². The number of nitrogens with zero attached hydrogens (tertiary/aromatic N) is 4. The van der Waals surface area contributed by atoms with Crippen molar-refractivity contribution in [1.82, 2.24) is 10.2 Å². The number of aryl methyl sites for hydroxylation is 3. The van der Waals surface area contributed by atoms with Gasteiger partial charge in [-0.2, -0.15) is 0 Å². The summed E-state index contributed by atoms with van der Waals surface area (Å²) < 4.78 is 0. The van der Waals surface area contributed by atoms with E-state index in [2.05, 4.69) is 21.6 Å². The average Bonchev–Trinajstić information content (AvgIpc) is 3.33. The van der Waals surface area contributed by atoms with Gasteiger partial charge in [-0.1, -0.05) is 23.5 Å². The van der Waals surface area contributed by atoms with Crippen LogP contribution < -0.4 is 10.2 Å². The molecule has 2 aromatic carbocycles. The summed E-state index contributed by atoms with van der Waals surface area (Å²) in [5, 5.41) is 22.9. The molecule has 0 radical (unpaired) electrons. The van der Waals surface area contributed by atoms with Crippen molar-refractivity contribution >= 4 is 39.7 Å². The number of amides is 2. The van der Waals surface area contributed by atoms with E-state index in [1.54, 1.807) is 11.8 Å². The number of anilines is 2. The highest BCUT2D eigenvalue weighted by Gasteiger charge is 2.34. The molecule has 1 atom stereocenters. The molecule has 10 heteroatoms. The van der Waals surface area contributed by atoms with Crippen molar-refractivity contribution in [2.75, 3.05) is 16.8 Å². The lowest BCUT2D eigenvalue weighted by molar-refractivity contribution is -0.385.